The van der Waals surface area contributed by atoms with Crippen LogP contribution in [0.1, 0.15) is 0 Å². The largest absolute Gasteiger partial charge is 0.497 e. The van der Waals surface area contributed by atoms with Crippen LogP contribution in [0.4, 0.5) is 5.69 Å². The lowest BCUT2D eigenvalue weighted by Crippen LogP contribution is -2.14. The number of allylic oxidation sites excluding steroid dienone is 1. The Hall–Kier alpha value is -3.26. The van der Waals surface area contributed by atoms with Crippen molar-refractivity contribution in [1.82, 2.24) is 14.8 Å². The number of benzene rings is 2. The van der Waals surface area contributed by atoms with Crippen LogP contribution in [0.2, 0.25) is 0 Å². The molecule has 0 bridgehead atoms. The summed E-state index contributed by atoms with van der Waals surface area (Å²) in [7, 11) is 3.22. The van der Waals surface area contributed by atoms with Crippen molar-refractivity contribution < 1.29 is 14.3 Å². The molecule has 150 valence electrons. The lowest BCUT2D eigenvalue weighted by Gasteiger charge is -2.09. The number of rotatable bonds is 9. The van der Waals surface area contributed by atoms with Gasteiger partial charge in [-0.15, -0.1) is 16.8 Å². The molecule has 29 heavy (non-hydrogen) atoms. The van der Waals surface area contributed by atoms with E-state index < -0.39 is 0 Å². The van der Waals surface area contributed by atoms with Crippen LogP contribution in [0.3, 0.4) is 0 Å². The third kappa shape index (κ3) is 5.17. The lowest BCUT2D eigenvalue weighted by molar-refractivity contribution is -0.113. The van der Waals surface area contributed by atoms with Crippen LogP contribution in [0.15, 0.2) is 66.3 Å². The number of methoxy groups -OCH3 is 2. The highest BCUT2D eigenvalue weighted by atomic mass is 32.2. The summed E-state index contributed by atoms with van der Waals surface area (Å²) in [5, 5.41) is 12.1. The van der Waals surface area contributed by atoms with Crippen molar-refractivity contribution in [2.45, 2.75) is 11.7 Å². The zero-order chi connectivity index (χ0) is 20.6. The molecule has 3 aromatic rings. The molecule has 0 saturated heterocycles. The first-order valence-corrected chi connectivity index (χ1v) is 9.88. The Morgan fingerprint density at radius 1 is 1.14 bits per heavy atom. The molecule has 1 heterocycles. The van der Waals surface area contributed by atoms with Gasteiger partial charge in [0.25, 0.3) is 0 Å². The first kappa shape index (κ1) is 20.5. The van der Waals surface area contributed by atoms with Crippen molar-refractivity contribution in [3.05, 3.63) is 61.2 Å². The molecule has 1 N–H and O–H groups in total. The van der Waals surface area contributed by atoms with Gasteiger partial charge in [0.15, 0.2) is 11.0 Å². The highest BCUT2D eigenvalue weighted by Crippen LogP contribution is 2.26. The van der Waals surface area contributed by atoms with Gasteiger partial charge in [-0.3, -0.25) is 9.36 Å². The van der Waals surface area contributed by atoms with E-state index in [4.69, 9.17) is 9.47 Å². The minimum atomic E-state index is -0.128. The molecule has 0 radical (unpaired) electrons. The van der Waals surface area contributed by atoms with Gasteiger partial charge >= 0.3 is 0 Å². The topological polar surface area (TPSA) is 78.3 Å². The van der Waals surface area contributed by atoms with Gasteiger partial charge in [-0.2, -0.15) is 0 Å². The molecule has 1 aromatic heterocycles. The predicted molar refractivity (Wildman–Crippen MR) is 115 cm³/mol. The second-order valence-electron chi connectivity index (χ2n) is 6.00. The Labute approximate surface area is 173 Å². The molecule has 0 atom stereocenters. The average Bonchev–Trinajstić information content (AvgIpc) is 3.16. The van der Waals surface area contributed by atoms with Gasteiger partial charge in [-0.05, 0) is 36.4 Å². The van der Waals surface area contributed by atoms with E-state index in [1.165, 1.54) is 11.8 Å². The number of ether oxygens (including phenoxy) is 2. The number of hydrogen-bond acceptors (Lipinski definition) is 6. The minimum Gasteiger partial charge on any atom is -0.497 e. The Kier molecular flexibility index (Phi) is 6.91. The summed E-state index contributed by atoms with van der Waals surface area (Å²) in [4.78, 5) is 12.3. The van der Waals surface area contributed by atoms with Crippen molar-refractivity contribution in [1.29, 1.82) is 0 Å². The van der Waals surface area contributed by atoms with Gasteiger partial charge in [-0.1, -0.05) is 30.0 Å². The zero-order valence-electron chi connectivity index (χ0n) is 16.3. The van der Waals surface area contributed by atoms with Crippen LogP contribution < -0.4 is 14.8 Å². The van der Waals surface area contributed by atoms with Crippen LogP contribution in [0.5, 0.6) is 11.5 Å². The molecule has 1 amide bonds. The predicted octanol–water partition coefficient (Wildman–Crippen LogP) is 3.88. The maximum atomic E-state index is 12.3. The summed E-state index contributed by atoms with van der Waals surface area (Å²) in [5.41, 5.74) is 1.59. The van der Waals surface area contributed by atoms with Crippen molar-refractivity contribution in [2.24, 2.45) is 0 Å². The van der Waals surface area contributed by atoms with E-state index in [9.17, 15) is 4.79 Å². The fraction of sp³-hybridized carbons (Fsp3) is 0.190. The quantitative estimate of drug-likeness (QED) is 0.426. The number of aromatic nitrogens is 3. The molecule has 0 saturated carbocycles. The molecule has 2 aromatic carbocycles. The van der Waals surface area contributed by atoms with Crippen LogP contribution >= 0.6 is 11.8 Å². The lowest BCUT2D eigenvalue weighted by atomic mass is 10.2. The van der Waals surface area contributed by atoms with Crippen molar-refractivity contribution in [2.75, 3.05) is 25.3 Å². The van der Waals surface area contributed by atoms with Gasteiger partial charge < -0.3 is 14.8 Å². The molecule has 0 aliphatic heterocycles. The molecular formula is C21H22N4O3S. The summed E-state index contributed by atoms with van der Waals surface area (Å²) in [6, 6.07) is 14.8. The number of amides is 1. The molecule has 3 rings (SSSR count). The molecule has 7 nitrogen and oxygen atoms in total. The van der Waals surface area contributed by atoms with E-state index in [1.54, 1.807) is 44.6 Å². The Bertz CT molecular complexity index is 986. The van der Waals surface area contributed by atoms with Gasteiger partial charge in [0.05, 0.1) is 20.0 Å². The fourth-order valence-corrected chi connectivity index (χ4v) is 3.41. The monoisotopic (exact) mass is 410 g/mol. The van der Waals surface area contributed by atoms with E-state index in [0.29, 0.717) is 23.2 Å². The Morgan fingerprint density at radius 2 is 1.90 bits per heavy atom. The SMILES string of the molecule is C=CCn1c(SCC(=O)Nc2ccc(OC)cc2)nnc1-c1cccc(OC)c1. The highest BCUT2D eigenvalue weighted by molar-refractivity contribution is 7.99. The minimum absolute atomic E-state index is 0.128. The summed E-state index contributed by atoms with van der Waals surface area (Å²) in [5.74, 6) is 2.25. The summed E-state index contributed by atoms with van der Waals surface area (Å²) in [6.45, 7) is 4.34. The highest BCUT2D eigenvalue weighted by Gasteiger charge is 2.15. The van der Waals surface area contributed by atoms with E-state index in [-0.39, 0.29) is 11.7 Å². The summed E-state index contributed by atoms with van der Waals surface area (Å²) in [6.07, 6.45) is 1.77. The summed E-state index contributed by atoms with van der Waals surface area (Å²) < 4.78 is 12.3. The smallest absolute Gasteiger partial charge is 0.234 e. The van der Waals surface area contributed by atoms with Gasteiger partial charge in [0.1, 0.15) is 11.5 Å². The molecule has 8 heteroatoms. The molecule has 0 fully saturated rings. The van der Waals surface area contributed by atoms with E-state index in [2.05, 4.69) is 22.1 Å². The van der Waals surface area contributed by atoms with Gasteiger partial charge in [0.2, 0.25) is 5.91 Å². The third-order valence-electron chi connectivity index (χ3n) is 4.06. The molecular weight excluding hydrogens is 388 g/mol. The number of carbonyl (C=O) groups is 1. The van der Waals surface area contributed by atoms with Crippen LogP contribution in [0.25, 0.3) is 11.4 Å². The number of carbonyl (C=O) groups excluding carboxylic acids is 1. The van der Waals surface area contributed by atoms with Crippen LogP contribution in [-0.2, 0) is 11.3 Å². The molecule has 0 unspecified atom stereocenters. The summed E-state index contributed by atoms with van der Waals surface area (Å²) >= 11 is 1.32. The van der Waals surface area contributed by atoms with E-state index >= 15 is 0 Å². The third-order valence-corrected chi connectivity index (χ3v) is 5.03. The Balaban J connectivity index is 1.70. The normalized spacial score (nSPS) is 10.4. The first-order valence-electron chi connectivity index (χ1n) is 8.90. The average molecular weight is 410 g/mol. The van der Waals surface area contributed by atoms with Gasteiger partial charge in [-0.25, -0.2) is 0 Å². The second kappa shape index (κ2) is 9.79. The zero-order valence-corrected chi connectivity index (χ0v) is 17.1. The first-order chi connectivity index (χ1) is 14.1. The number of thioether (sulfide) groups is 1. The van der Waals surface area contributed by atoms with Crippen LogP contribution in [-0.4, -0.2) is 40.6 Å². The maximum absolute atomic E-state index is 12.3. The van der Waals surface area contributed by atoms with Crippen molar-refractivity contribution in [3.8, 4) is 22.9 Å². The second-order valence-corrected chi connectivity index (χ2v) is 6.95. The van der Waals surface area contributed by atoms with Gasteiger partial charge in [0, 0.05) is 17.8 Å². The molecule has 0 aliphatic rings. The van der Waals surface area contributed by atoms with E-state index in [0.717, 1.165) is 17.1 Å². The van der Waals surface area contributed by atoms with Crippen LogP contribution in [0, 0.1) is 0 Å². The number of nitrogens with zero attached hydrogens (tertiary/aromatic N) is 3. The van der Waals surface area contributed by atoms with Crippen molar-refractivity contribution >= 4 is 23.4 Å². The Morgan fingerprint density at radius 3 is 2.59 bits per heavy atom. The molecule has 0 spiro atoms. The maximum Gasteiger partial charge on any atom is 0.234 e. The number of hydrogen-bond donors (Lipinski definition) is 1. The van der Waals surface area contributed by atoms with Crippen molar-refractivity contribution in [3.63, 3.8) is 0 Å². The number of anilines is 1. The van der Waals surface area contributed by atoms with E-state index in [1.807, 2.05) is 28.8 Å². The number of nitrogens with one attached hydrogen (secondary N) is 1. The molecule has 0 aliphatic carbocycles. The fourth-order valence-electron chi connectivity index (χ4n) is 2.67. The standard InChI is InChI=1S/C21H22N4O3S/c1-4-12-25-20(15-6-5-7-18(13-15)28-3)23-24-21(25)29-14-19(26)22-16-8-10-17(27-2)11-9-16/h4-11,13H,1,12,14H2,2-3H3,(H,22,26).